The van der Waals surface area contributed by atoms with Crippen LogP contribution in [0.15, 0.2) is 77.3 Å². The summed E-state index contributed by atoms with van der Waals surface area (Å²) >= 11 is 0. The van der Waals surface area contributed by atoms with Crippen molar-refractivity contribution in [3.63, 3.8) is 0 Å². The molecule has 1 aliphatic carbocycles. The number of imidazole rings is 1. The van der Waals surface area contributed by atoms with Crippen LogP contribution < -0.4 is 0 Å². The molecule has 2 atom stereocenters. The zero-order valence-corrected chi connectivity index (χ0v) is 19.0. The summed E-state index contributed by atoms with van der Waals surface area (Å²) in [6.07, 6.45) is 10.7. The second-order valence-corrected chi connectivity index (χ2v) is 8.89. The predicted molar refractivity (Wildman–Crippen MR) is 132 cm³/mol. The molecule has 2 aromatic carbocycles. The van der Waals surface area contributed by atoms with Gasteiger partial charge in [-0.2, -0.15) is 4.80 Å². The first-order valence-corrected chi connectivity index (χ1v) is 11.6. The summed E-state index contributed by atoms with van der Waals surface area (Å²) in [7, 11) is 1.77. The highest BCUT2D eigenvalue weighted by atomic mass is 15.6. The van der Waals surface area contributed by atoms with Crippen molar-refractivity contribution in [1.82, 2.24) is 35.1 Å². The van der Waals surface area contributed by atoms with Gasteiger partial charge in [-0.15, -0.1) is 10.2 Å². The van der Waals surface area contributed by atoms with Crippen LogP contribution in [0.25, 0.3) is 22.4 Å². The van der Waals surface area contributed by atoms with Gasteiger partial charge in [-0.05, 0) is 47.4 Å². The van der Waals surface area contributed by atoms with Crippen LogP contribution in [-0.2, 0) is 20.1 Å². The number of nitrogens with zero attached hydrogens (tertiary/aromatic N) is 7. The molecular formula is C26H26N8. The van der Waals surface area contributed by atoms with Gasteiger partial charge in [-0.25, -0.2) is 4.98 Å². The molecule has 8 nitrogen and oxygen atoms in total. The molecule has 2 unspecified atom stereocenters. The molecule has 2 aliphatic rings. The third-order valence-corrected chi connectivity index (χ3v) is 6.51. The Morgan fingerprint density at radius 1 is 1.06 bits per heavy atom. The predicted octanol–water partition coefficient (Wildman–Crippen LogP) is 3.85. The number of tetrazole rings is 1. The topological polar surface area (TPSA) is 87.9 Å². The third kappa shape index (κ3) is 4.20. The van der Waals surface area contributed by atoms with E-state index in [1.807, 2.05) is 24.4 Å². The summed E-state index contributed by atoms with van der Waals surface area (Å²) in [5, 5.41) is 12.4. The number of aromatic nitrogens is 6. The Bertz CT molecular complexity index is 1360. The second-order valence-electron chi connectivity index (χ2n) is 8.89. The van der Waals surface area contributed by atoms with Gasteiger partial charge >= 0.3 is 0 Å². The fraction of sp³-hybridized carbons (Fsp3) is 0.269. The Kier molecular flexibility index (Phi) is 5.35. The van der Waals surface area contributed by atoms with Crippen LogP contribution in [-0.4, -0.2) is 53.4 Å². The van der Waals surface area contributed by atoms with E-state index in [1.54, 1.807) is 7.05 Å². The maximum atomic E-state index is 4.85. The van der Waals surface area contributed by atoms with E-state index in [0.717, 1.165) is 48.4 Å². The average Bonchev–Trinajstić information content (AvgIpc) is 3.49. The number of dihydropyridines is 1. The number of para-hydroxylation sites is 2. The van der Waals surface area contributed by atoms with E-state index in [2.05, 4.69) is 78.8 Å². The number of hydrogen-bond donors (Lipinski definition) is 1. The number of aromatic amines is 1. The molecular weight excluding hydrogens is 424 g/mol. The Hall–Kier alpha value is -3.91. The maximum Gasteiger partial charge on any atom is 0.204 e. The summed E-state index contributed by atoms with van der Waals surface area (Å²) in [6, 6.07) is 17.3. The number of H-pyrrole nitrogens is 1. The normalized spacial score (nSPS) is 19.5. The van der Waals surface area contributed by atoms with Crippen molar-refractivity contribution in [2.45, 2.75) is 38.0 Å². The molecule has 4 aromatic rings. The largest absolute Gasteiger partial charge is 0.341 e. The number of hydrogen-bond acceptors (Lipinski definition) is 6. The SMILES string of the molecule is Cn1nnc(-c2ccc(CN(Cc3nc4ccccc4[nH]3)C3C=C4C=CC=NC4CC3)cc2)n1. The summed E-state index contributed by atoms with van der Waals surface area (Å²) < 4.78 is 0. The van der Waals surface area contributed by atoms with E-state index in [4.69, 9.17) is 4.98 Å². The molecule has 0 saturated carbocycles. The van der Waals surface area contributed by atoms with E-state index in [9.17, 15) is 0 Å². The van der Waals surface area contributed by atoms with Crippen molar-refractivity contribution in [1.29, 1.82) is 0 Å². The molecule has 0 spiro atoms. The molecule has 1 N–H and O–H groups in total. The first kappa shape index (κ1) is 20.7. The molecule has 0 saturated heterocycles. The quantitative estimate of drug-likeness (QED) is 0.482. The van der Waals surface area contributed by atoms with Crippen molar-refractivity contribution in [2.24, 2.45) is 12.0 Å². The lowest BCUT2D eigenvalue weighted by atomic mass is 9.89. The van der Waals surface area contributed by atoms with Gasteiger partial charge in [0.1, 0.15) is 5.82 Å². The Labute approximate surface area is 197 Å². The standard InChI is InChI=1S/C26H26N8/c1-33-31-26(30-32-33)19-10-8-18(9-11-19)16-34(17-25-28-23-6-2-3-7-24(23)29-25)21-12-13-22-20(15-21)5-4-14-27-22/h2-11,14-15,21-22H,12-13,16-17H2,1H3,(H,28,29). The van der Waals surface area contributed by atoms with Gasteiger partial charge in [0.15, 0.2) is 0 Å². The highest BCUT2D eigenvalue weighted by molar-refractivity contribution is 5.75. The maximum absolute atomic E-state index is 4.85. The Balaban J connectivity index is 1.28. The zero-order chi connectivity index (χ0) is 22.9. The van der Waals surface area contributed by atoms with E-state index in [0.29, 0.717) is 17.9 Å². The molecule has 1 aliphatic heterocycles. The molecule has 0 bridgehead atoms. The number of aryl methyl sites for hydroxylation is 1. The summed E-state index contributed by atoms with van der Waals surface area (Å²) in [5.41, 5.74) is 5.60. The molecule has 170 valence electrons. The molecule has 2 aromatic heterocycles. The van der Waals surface area contributed by atoms with Crippen molar-refractivity contribution in [3.8, 4) is 11.4 Å². The number of benzene rings is 2. The molecule has 0 fully saturated rings. The highest BCUT2D eigenvalue weighted by Gasteiger charge is 2.27. The monoisotopic (exact) mass is 450 g/mol. The first-order valence-electron chi connectivity index (χ1n) is 11.6. The van der Waals surface area contributed by atoms with Crippen molar-refractivity contribution >= 4 is 17.2 Å². The molecule has 34 heavy (non-hydrogen) atoms. The van der Waals surface area contributed by atoms with Gasteiger partial charge in [0, 0.05) is 24.4 Å². The van der Waals surface area contributed by atoms with Crippen LogP contribution in [0.3, 0.4) is 0 Å². The highest BCUT2D eigenvalue weighted by Crippen LogP contribution is 2.29. The van der Waals surface area contributed by atoms with Crippen molar-refractivity contribution in [3.05, 3.63) is 83.7 Å². The lowest BCUT2D eigenvalue weighted by Gasteiger charge is -2.34. The fourth-order valence-electron chi connectivity index (χ4n) is 4.79. The van der Waals surface area contributed by atoms with Crippen LogP contribution in [0.1, 0.15) is 24.2 Å². The molecule has 0 amide bonds. The fourth-order valence-corrected chi connectivity index (χ4v) is 4.79. The van der Waals surface area contributed by atoms with Gasteiger partial charge in [-0.3, -0.25) is 9.89 Å². The van der Waals surface area contributed by atoms with Crippen molar-refractivity contribution in [2.75, 3.05) is 0 Å². The Morgan fingerprint density at radius 3 is 2.76 bits per heavy atom. The van der Waals surface area contributed by atoms with Crippen LogP contribution in [0.4, 0.5) is 0 Å². The van der Waals surface area contributed by atoms with Gasteiger partial charge in [0.2, 0.25) is 5.82 Å². The number of fused-ring (bicyclic) bond motifs is 2. The number of allylic oxidation sites excluding steroid dienone is 1. The van der Waals surface area contributed by atoms with Crippen LogP contribution in [0, 0.1) is 0 Å². The summed E-state index contributed by atoms with van der Waals surface area (Å²) in [4.78, 5) is 17.0. The van der Waals surface area contributed by atoms with Gasteiger partial charge in [0.25, 0.3) is 0 Å². The summed E-state index contributed by atoms with van der Waals surface area (Å²) in [5.74, 6) is 1.63. The smallest absolute Gasteiger partial charge is 0.204 e. The zero-order valence-electron chi connectivity index (χ0n) is 19.0. The lowest BCUT2D eigenvalue weighted by Crippen LogP contribution is -2.37. The van der Waals surface area contributed by atoms with Crippen LogP contribution in [0.5, 0.6) is 0 Å². The van der Waals surface area contributed by atoms with E-state index < -0.39 is 0 Å². The van der Waals surface area contributed by atoms with E-state index >= 15 is 0 Å². The minimum Gasteiger partial charge on any atom is -0.341 e. The summed E-state index contributed by atoms with van der Waals surface area (Å²) in [6.45, 7) is 1.56. The molecule has 0 radical (unpaired) electrons. The second kappa shape index (κ2) is 8.79. The van der Waals surface area contributed by atoms with Gasteiger partial charge < -0.3 is 4.98 Å². The third-order valence-electron chi connectivity index (χ3n) is 6.51. The van der Waals surface area contributed by atoms with Gasteiger partial charge in [-0.1, -0.05) is 48.6 Å². The minimum atomic E-state index is 0.299. The first-order chi connectivity index (χ1) is 16.7. The number of aliphatic imine (C=N–C) groups is 1. The van der Waals surface area contributed by atoms with Gasteiger partial charge in [0.05, 0.1) is 30.7 Å². The minimum absolute atomic E-state index is 0.299. The van der Waals surface area contributed by atoms with Crippen LogP contribution >= 0.6 is 0 Å². The van der Waals surface area contributed by atoms with Crippen LogP contribution in [0.2, 0.25) is 0 Å². The Morgan fingerprint density at radius 2 is 1.94 bits per heavy atom. The van der Waals surface area contributed by atoms with E-state index in [1.165, 1.54) is 15.9 Å². The molecule has 6 rings (SSSR count). The average molecular weight is 451 g/mol. The number of nitrogens with one attached hydrogen (secondary N) is 1. The number of rotatable bonds is 6. The van der Waals surface area contributed by atoms with E-state index in [-0.39, 0.29) is 0 Å². The molecule has 3 heterocycles. The molecule has 8 heteroatoms. The lowest BCUT2D eigenvalue weighted by molar-refractivity contribution is 0.188. The van der Waals surface area contributed by atoms with Crippen molar-refractivity contribution < 1.29 is 0 Å².